The van der Waals surface area contributed by atoms with E-state index >= 15 is 0 Å². The van der Waals surface area contributed by atoms with Gasteiger partial charge in [0.15, 0.2) is 9.84 Å². The molecule has 0 amide bonds. The third-order valence-corrected chi connectivity index (χ3v) is 7.20. The van der Waals surface area contributed by atoms with Crippen LogP contribution in [0.2, 0.25) is 0 Å². The molecule has 8 heteroatoms. The number of benzene rings is 1. The third kappa shape index (κ3) is 3.37. The Labute approximate surface area is 158 Å². The first-order valence-electron chi connectivity index (χ1n) is 8.85. The molecule has 1 aromatic carbocycles. The molecule has 1 aliphatic carbocycles. The monoisotopic (exact) mass is 386 g/mol. The van der Waals surface area contributed by atoms with Crippen LogP contribution in [0.1, 0.15) is 12.8 Å². The van der Waals surface area contributed by atoms with Crippen LogP contribution in [-0.4, -0.2) is 49.3 Å². The van der Waals surface area contributed by atoms with E-state index in [0.717, 1.165) is 29.7 Å². The lowest BCUT2D eigenvalue weighted by Crippen LogP contribution is -2.45. The van der Waals surface area contributed by atoms with E-state index in [1.165, 1.54) is 0 Å². The lowest BCUT2D eigenvalue weighted by atomic mass is 9.81. The zero-order valence-corrected chi connectivity index (χ0v) is 16.1. The fourth-order valence-electron chi connectivity index (χ4n) is 3.66. The molecule has 0 spiro atoms. The Morgan fingerprint density at radius 2 is 1.93 bits per heavy atom. The summed E-state index contributed by atoms with van der Waals surface area (Å²) in [4.78, 5) is 14.2. The van der Waals surface area contributed by atoms with Gasteiger partial charge in [0.2, 0.25) is 0 Å². The molecule has 27 heavy (non-hydrogen) atoms. The second-order valence-electron chi connectivity index (χ2n) is 7.00. The van der Waals surface area contributed by atoms with Gasteiger partial charge in [-0.3, -0.25) is 0 Å². The van der Waals surface area contributed by atoms with Crippen molar-refractivity contribution in [3.8, 4) is 5.75 Å². The van der Waals surface area contributed by atoms with Crippen molar-refractivity contribution in [2.45, 2.75) is 23.8 Å². The number of aromatic amines is 1. The van der Waals surface area contributed by atoms with E-state index in [1.807, 2.05) is 19.3 Å². The summed E-state index contributed by atoms with van der Waals surface area (Å²) in [5.41, 5.74) is 0.810. The normalized spacial score (nSPS) is 19.6. The van der Waals surface area contributed by atoms with Crippen LogP contribution in [0.3, 0.4) is 0 Å². The number of hydrogen-bond donors (Lipinski definition) is 1. The first-order chi connectivity index (χ1) is 13.0. The second kappa shape index (κ2) is 6.84. The Bertz CT molecular complexity index is 1040. The maximum absolute atomic E-state index is 12.6. The van der Waals surface area contributed by atoms with Crippen LogP contribution < -0.4 is 9.64 Å². The molecule has 1 fully saturated rings. The van der Waals surface area contributed by atoms with Crippen molar-refractivity contribution < 1.29 is 13.2 Å². The predicted octanol–water partition coefficient (Wildman–Crippen LogP) is 2.66. The number of hydrogen-bond acceptors (Lipinski definition) is 6. The number of nitrogens with zero attached hydrogens (tertiary/aromatic N) is 3. The summed E-state index contributed by atoms with van der Waals surface area (Å²) in [6, 6.07) is 8.84. The largest absolute Gasteiger partial charge is 0.497 e. The quantitative estimate of drug-likeness (QED) is 0.701. The van der Waals surface area contributed by atoms with Gasteiger partial charge in [0.05, 0.1) is 23.1 Å². The molecule has 0 atom stereocenters. The van der Waals surface area contributed by atoms with Gasteiger partial charge in [0.25, 0.3) is 0 Å². The number of H-pyrrole nitrogens is 1. The third-order valence-electron chi connectivity index (χ3n) is 5.30. The number of ether oxygens (including phenoxy) is 1. The minimum absolute atomic E-state index is 0.160. The van der Waals surface area contributed by atoms with Crippen molar-refractivity contribution in [3.05, 3.63) is 42.9 Å². The molecule has 1 aliphatic rings. The van der Waals surface area contributed by atoms with Crippen LogP contribution in [0.15, 0.2) is 47.8 Å². The summed E-state index contributed by atoms with van der Waals surface area (Å²) in [6.07, 6.45) is 5.07. The summed E-state index contributed by atoms with van der Waals surface area (Å²) in [5.74, 6) is 1.86. The van der Waals surface area contributed by atoms with Gasteiger partial charge in [-0.05, 0) is 49.1 Å². The van der Waals surface area contributed by atoms with Gasteiger partial charge < -0.3 is 14.6 Å². The zero-order valence-electron chi connectivity index (χ0n) is 15.3. The Kier molecular flexibility index (Phi) is 4.51. The molecule has 1 N–H and O–H groups in total. The highest BCUT2D eigenvalue weighted by Crippen LogP contribution is 2.36. The molecule has 0 radical (unpaired) electrons. The Hall–Kier alpha value is -2.61. The van der Waals surface area contributed by atoms with Gasteiger partial charge in [-0.25, -0.2) is 18.4 Å². The van der Waals surface area contributed by atoms with Crippen LogP contribution in [0.25, 0.3) is 11.0 Å². The minimum atomic E-state index is -3.29. The van der Waals surface area contributed by atoms with Crippen molar-refractivity contribution in [2.75, 3.05) is 24.8 Å². The first-order valence-corrected chi connectivity index (χ1v) is 10.5. The molecule has 0 saturated heterocycles. The number of aromatic nitrogens is 3. The highest BCUT2D eigenvalue weighted by molar-refractivity contribution is 7.91. The predicted molar refractivity (Wildman–Crippen MR) is 104 cm³/mol. The molecule has 3 aromatic rings. The fraction of sp³-hybridized carbons (Fsp3) is 0.368. The summed E-state index contributed by atoms with van der Waals surface area (Å²) < 4.78 is 30.4. The maximum Gasteiger partial charge on any atom is 0.178 e. The molecule has 0 aliphatic heterocycles. The van der Waals surface area contributed by atoms with Gasteiger partial charge in [0.1, 0.15) is 23.5 Å². The fourth-order valence-corrected chi connectivity index (χ4v) is 5.29. The standard InChI is InChI=1S/C19H22N4O3S/c1-23(19-17-7-8-20-18(17)21-12-22-19)14-9-13(10-14)11-27(24,25)16-5-3-15(26-2)4-6-16/h3-8,12-14H,9-11H2,1-2H3,(H,20,21,22)/t13-,14+. The second-order valence-corrected chi connectivity index (χ2v) is 9.03. The number of rotatable bonds is 6. The molecule has 0 unspecified atom stereocenters. The van der Waals surface area contributed by atoms with Crippen molar-refractivity contribution in [3.63, 3.8) is 0 Å². The SMILES string of the molecule is COc1ccc(S(=O)(=O)C[C@H]2C[C@@H](N(C)c3ncnc4[nH]ccc34)C2)cc1. The Balaban J connectivity index is 1.41. The molecular formula is C19H22N4O3S. The minimum Gasteiger partial charge on any atom is -0.497 e. The molecule has 142 valence electrons. The van der Waals surface area contributed by atoms with Crippen LogP contribution in [-0.2, 0) is 9.84 Å². The molecular weight excluding hydrogens is 364 g/mol. The van der Waals surface area contributed by atoms with Gasteiger partial charge in [-0.1, -0.05) is 0 Å². The smallest absolute Gasteiger partial charge is 0.178 e. The maximum atomic E-state index is 12.6. The van der Waals surface area contributed by atoms with E-state index in [1.54, 1.807) is 37.7 Å². The average molecular weight is 386 g/mol. The van der Waals surface area contributed by atoms with Crippen LogP contribution in [0.4, 0.5) is 5.82 Å². The van der Waals surface area contributed by atoms with Crippen LogP contribution >= 0.6 is 0 Å². The molecule has 7 nitrogen and oxygen atoms in total. The van der Waals surface area contributed by atoms with E-state index in [2.05, 4.69) is 19.9 Å². The molecule has 1 saturated carbocycles. The molecule has 4 rings (SSSR count). The van der Waals surface area contributed by atoms with Crippen LogP contribution in [0.5, 0.6) is 5.75 Å². The van der Waals surface area contributed by atoms with E-state index in [9.17, 15) is 8.42 Å². The Morgan fingerprint density at radius 3 is 2.63 bits per heavy atom. The summed E-state index contributed by atoms with van der Waals surface area (Å²) in [6.45, 7) is 0. The Morgan fingerprint density at radius 1 is 1.19 bits per heavy atom. The van der Waals surface area contributed by atoms with E-state index in [-0.39, 0.29) is 17.7 Å². The summed E-state index contributed by atoms with van der Waals surface area (Å²) >= 11 is 0. The average Bonchev–Trinajstić information content (AvgIpc) is 3.12. The molecule has 0 bridgehead atoms. The van der Waals surface area contributed by atoms with Gasteiger partial charge in [-0.2, -0.15) is 0 Å². The van der Waals surface area contributed by atoms with E-state index in [4.69, 9.17) is 4.74 Å². The number of sulfone groups is 1. The number of nitrogens with one attached hydrogen (secondary N) is 1. The topological polar surface area (TPSA) is 88.2 Å². The number of methoxy groups -OCH3 is 1. The highest BCUT2D eigenvalue weighted by atomic mass is 32.2. The number of anilines is 1. The lowest BCUT2D eigenvalue weighted by molar-refractivity contribution is 0.282. The summed E-state index contributed by atoms with van der Waals surface area (Å²) in [5, 5.41) is 0.981. The van der Waals surface area contributed by atoms with Gasteiger partial charge >= 0.3 is 0 Å². The van der Waals surface area contributed by atoms with E-state index < -0.39 is 9.84 Å². The highest BCUT2D eigenvalue weighted by Gasteiger charge is 2.36. The lowest BCUT2D eigenvalue weighted by Gasteiger charge is -2.41. The molecule has 2 heterocycles. The van der Waals surface area contributed by atoms with Crippen molar-refractivity contribution in [1.29, 1.82) is 0 Å². The number of fused-ring (bicyclic) bond motifs is 1. The summed E-state index contributed by atoms with van der Waals surface area (Å²) in [7, 11) is 0.281. The van der Waals surface area contributed by atoms with Crippen molar-refractivity contribution >= 4 is 26.7 Å². The van der Waals surface area contributed by atoms with E-state index in [0.29, 0.717) is 10.6 Å². The van der Waals surface area contributed by atoms with Gasteiger partial charge in [-0.15, -0.1) is 0 Å². The zero-order chi connectivity index (χ0) is 19.0. The van der Waals surface area contributed by atoms with Crippen LogP contribution in [0, 0.1) is 5.92 Å². The van der Waals surface area contributed by atoms with Gasteiger partial charge in [0, 0.05) is 19.3 Å². The van der Waals surface area contributed by atoms with Crippen molar-refractivity contribution in [1.82, 2.24) is 15.0 Å². The molecule has 2 aromatic heterocycles. The first kappa shape index (κ1) is 17.8. The van der Waals surface area contributed by atoms with Crippen molar-refractivity contribution in [2.24, 2.45) is 5.92 Å².